The Bertz CT molecular complexity index is 404. The first-order chi connectivity index (χ1) is 6.20. The van der Waals surface area contributed by atoms with Crippen LogP contribution in [0.4, 0.5) is 4.39 Å². The molecule has 0 unspecified atom stereocenters. The van der Waals surface area contributed by atoms with E-state index in [0.29, 0.717) is 5.56 Å². The SMILES string of the molecule is CCc1cc2cc(F)c(C)cc2[nH]1. The quantitative estimate of drug-likeness (QED) is 0.688. The Morgan fingerprint density at radius 3 is 2.77 bits per heavy atom. The number of aromatic amines is 1. The summed E-state index contributed by atoms with van der Waals surface area (Å²) in [7, 11) is 0. The second-order valence-electron chi connectivity index (χ2n) is 3.34. The zero-order valence-corrected chi connectivity index (χ0v) is 7.82. The van der Waals surface area contributed by atoms with E-state index in [1.54, 1.807) is 13.0 Å². The van der Waals surface area contributed by atoms with Crippen LogP contribution >= 0.6 is 0 Å². The van der Waals surface area contributed by atoms with E-state index in [4.69, 9.17) is 0 Å². The monoisotopic (exact) mass is 177 g/mol. The Labute approximate surface area is 76.6 Å². The molecule has 13 heavy (non-hydrogen) atoms. The number of fused-ring (bicyclic) bond motifs is 1. The van der Waals surface area contributed by atoms with Gasteiger partial charge in [0.2, 0.25) is 0 Å². The van der Waals surface area contributed by atoms with Gasteiger partial charge >= 0.3 is 0 Å². The molecule has 1 aromatic carbocycles. The lowest BCUT2D eigenvalue weighted by Gasteiger charge is -1.95. The van der Waals surface area contributed by atoms with Gasteiger partial charge in [0.25, 0.3) is 0 Å². The molecule has 0 aliphatic rings. The van der Waals surface area contributed by atoms with E-state index in [-0.39, 0.29) is 5.82 Å². The molecule has 68 valence electrons. The van der Waals surface area contributed by atoms with Gasteiger partial charge in [-0.05, 0) is 37.1 Å². The zero-order valence-electron chi connectivity index (χ0n) is 7.82. The van der Waals surface area contributed by atoms with Crippen molar-refractivity contribution >= 4 is 10.9 Å². The van der Waals surface area contributed by atoms with Gasteiger partial charge in [-0.15, -0.1) is 0 Å². The topological polar surface area (TPSA) is 15.8 Å². The Morgan fingerprint density at radius 1 is 1.31 bits per heavy atom. The number of rotatable bonds is 1. The summed E-state index contributed by atoms with van der Waals surface area (Å²) in [5.41, 5.74) is 2.87. The van der Waals surface area contributed by atoms with Crippen molar-refractivity contribution in [2.75, 3.05) is 0 Å². The molecule has 0 saturated carbocycles. The maximum Gasteiger partial charge on any atom is 0.126 e. The lowest BCUT2D eigenvalue weighted by molar-refractivity contribution is 0.620. The van der Waals surface area contributed by atoms with Gasteiger partial charge in [-0.3, -0.25) is 0 Å². The first kappa shape index (κ1) is 8.30. The number of H-pyrrole nitrogens is 1. The third-order valence-corrected chi connectivity index (χ3v) is 2.34. The van der Waals surface area contributed by atoms with E-state index in [2.05, 4.69) is 11.9 Å². The smallest absolute Gasteiger partial charge is 0.126 e. The molecule has 0 aliphatic carbocycles. The molecule has 1 aromatic heterocycles. The molecule has 0 radical (unpaired) electrons. The third-order valence-electron chi connectivity index (χ3n) is 2.34. The van der Waals surface area contributed by atoms with Crippen LogP contribution in [-0.4, -0.2) is 4.98 Å². The Hall–Kier alpha value is -1.31. The summed E-state index contributed by atoms with van der Waals surface area (Å²) in [6.07, 6.45) is 0.954. The molecule has 2 aromatic rings. The van der Waals surface area contributed by atoms with Crippen LogP contribution < -0.4 is 0 Å². The fourth-order valence-electron chi connectivity index (χ4n) is 1.51. The molecule has 1 heterocycles. The van der Waals surface area contributed by atoms with Crippen molar-refractivity contribution in [1.82, 2.24) is 4.98 Å². The highest BCUT2D eigenvalue weighted by molar-refractivity contribution is 5.81. The fourth-order valence-corrected chi connectivity index (χ4v) is 1.51. The molecule has 0 fully saturated rings. The fraction of sp³-hybridized carbons (Fsp3) is 0.273. The molecule has 0 atom stereocenters. The van der Waals surface area contributed by atoms with Gasteiger partial charge in [-0.2, -0.15) is 0 Å². The number of aryl methyl sites for hydroxylation is 2. The normalized spacial score (nSPS) is 11.0. The average Bonchev–Trinajstić information content (AvgIpc) is 2.48. The predicted octanol–water partition coefficient (Wildman–Crippen LogP) is 3.18. The van der Waals surface area contributed by atoms with Gasteiger partial charge in [0.15, 0.2) is 0 Å². The molecule has 2 rings (SSSR count). The summed E-state index contributed by atoms with van der Waals surface area (Å²) in [6.45, 7) is 3.86. The van der Waals surface area contributed by atoms with Crippen molar-refractivity contribution in [3.05, 3.63) is 35.3 Å². The Balaban J connectivity index is 2.70. The number of nitrogens with one attached hydrogen (secondary N) is 1. The number of halogens is 1. The molecule has 0 aliphatic heterocycles. The minimum absolute atomic E-state index is 0.130. The van der Waals surface area contributed by atoms with Crippen LogP contribution in [0.1, 0.15) is 18.2 Å². The van der Waals surface area contributed by atoms with Gasteiger partial charge in [-0.25, -0.2) is 4.39 Å². The predicted molar refractivity (Wildman–Crippen MR) is 52.4 cm³/mol. The van der Waals surface area contributed by atoms with Gasteiger partial charge in [0, 0.05) is 16.6 Å². The van der Waals surface area contributed by atoms with E-state index < -0.39 is 0 Å². The van der Waals surface area contributed by atoms with Crippen molar-refractivity contribution in [2.24, 2.45) is 0 Å². The molecular weight excluding hydrogens is 165 g/mol. The van der Waals surface area contributed by atoms with Crippen LogP contribution in [0.15, 0.2) is 18.2 Å². The average molecular weight is 177 g/mol. The van der Waals surface area contributed by atoms with Crippen LogP contribution in [0.25, 0.3) is 10.9 Å². The molecule has 0 spiro atoms. The number of hydrogen-bond donors (Lipinski definition) is 1. The first-order valence-electron chi connectivity index (χ1n) is 4.48. The minimum atomic E-state index is -0.130. The van der Waals surface area contributed by atoms with Crippen molar-refractivity contribution in [3.8, 4) is 0 Å². The van der Waals surface area contributed by atoms with Crippen LogP contribution in [0.3, 0.4) is 0 Å². The van der Waals surface area contributed by atoms with E-state index in [9.17, 15) is 4.39 Å². The van der Waals surface area contributed by atoms with E-state index >= 15 is 0 Å². The number of aromatic nitrogens is 1. The number of benzene rings is 1. The number of hydrogen-bond acceptors (Lipinski definition) is 0. The van der Waals surface area contributed by atoms with Gasteiger partial charge in [0.05, 0.1) is 0 Å². The highest BCUT2D eigenvalue weighted by atomic mass is 19.1. The molecule has 1 N–H and O–H groups in total. The van der Waals surface area contributed by atoms with Crippen LogP contribution in [0.2, 0.25) is 0 Å². The molecule has 0 bridgehead atoms. The minimum Gasteiger partial charge on any atom is -0.358 e. The maximum absolute atomic E-state index is 13.1. The second kappa shape index (κ2) is 2.87. The largest absolute Gasteiger partial charge is 0.358 e. The second-order valence-corrected chi connectivity index (χ2v) is 3.34. The van der Waals surface area contributed by atoms with Crippen molar-refractivity contribution < 1.29 is 4.39 Å². The Kier molecular flexibility index (Phi) is 1.83. The summed E-state index contributed by atoms with van der Waals surface area (Å²) in [5.74, 6) is -0.130. The Morgan fingerprint density at radius 2 is 2.08 bits per heavy atom. The van der Waals surface area contributed by atoms with Crippen molar-refractivity contribution in [1.29, 1.82) is 0 Å². The maximum atomic E-state index is 13.1. The van der Waals surface area contributed by atoms with Gasteiger partial charge in [0.1, 0.15) is 5.82 Å². The van der Waals surface area contributed by atoms with E-state index in [1.165, 1.54) is 0 Å². The van der Waals surface area contributed by atoms with Crippen LogP contribution in [-0.2, 0) is 6.42 Å². The summed E-state index contributed by atoms with van der Waals surface area (Å²) >= 11 is 0. The summed E-state index contributed by atoms with van der Waals surface area (Å²) in [5, 5.41) is 0.958. The summed E-state index contributed by atoms with van der Waals surface area (Å²) in [4.78, 5) is 3.25. The highest BCUT2D eigenvalue weighted by Crippen LogP contribution is 2.19. The molecule has 1 nitrogen and oxygen atoms in total. The van der Waals surface area contributed by atoms with Crippen molar-refractivity contribution in [3.63, 3.8) is 0 Å². The summed E-state index contributed by atoms with van der Waals surface area (Å²) < 4.78 is 13.1. The molecular formula is C11H12FN. The van der Waals surface area contributed by atoms with Crippen molar-refractivity contribution in [2.45, 2.75) is 20.3 Å². The molecule has 0 saturated heterocycles. The van der Waals surface area contributed by atoms with E-state index in [1.807, 2.05) is 12.1 Å². The lowest BCUT2D eigenvalue weighted by Crippen LogP contribution is -1.80. The van der Waals surface area contributed by atoms with Gasteiger partial charge in [-0.1, -0.05) is 6.92 Å². The van der Waals surface area contributed by atoms with Gasteiger partial charge < -0.3 is 4.98 Å². The zero-order chi connectivity index (χ0) is 9.42. The first-order valence-corrected chi connectivity index (χ1v) is 4.48. The standard InChI is InChI=1S/C11H12FN/c1-3-9-5-8-6-10(12)7(2)4-11(8)13-9/h4-6,13H,3H2,1-2H3. The molecule has 2 heteroatoms. The van der Waals surface area contributed by atoms with E-state index in [0.717, 1.165) is 23.0 Å². The van der Waals surface area contributed by atoms with Crippen LogP contribution in [0, 0.1) is 12.7 Å². The third kappa shape index (κ3) is 1.32. The summed E-state index contributed by atoms with van der Waals surface area (Å²) in [6, 6.07) is 5.43. The highest BCUT2D eigenvalue weighted by Gasteiger charge is 2.03. The lowest BCUT2D eigenvalue weighted by atomic mass is 10.2. The molecule has 0 amide bonds. The van der Waals surface area contributed by atoms with Crippen LogP contribution in [0.5, 0.6) is 0 Å².